The average molecular weight is 441 g/mol. The zero-order valence-electron chi connectivity index (χ0n) is 17.2. The van der Waals surface area contributed by atoms with Crippen LogP contribution >= 0.6 is 0 Å². The normalized spacial score (nSPS) is 17.5. The van der Waals surface area contributed by atoms with Gasteiger partial charge in [0.2, 0.25) is 0 Å². The van der Waals surface area contributed by atoms with Crippen LogP contribution in [0.1, 0.15) is 39.6 Å². The first-order valence-corrected chi connectivity index (χ1v) is 11.8. The molecule has 2 aliphatic rings. The summed E-state index contributed by atoms with van der Waals surface area (Å²) >= 11 is 0. The van der Waals surface area contributed by atoms with Gasteiger partial charge in [-0.25, -0.2) is 18.1 Å². The molecule has 31 heavy (non-hydrogen) atoms. The number of aliphatic hydroxyl groups is 1. The van der Waals surface area contributed by atoms with Crippen molar-refractivity contribution >= 4 is 21.5 Å². The van der Waals surface area contributed by atoms with Gasteiger partial charge in [-0.3, -0.25) is 4.90 Å². The predicted molar refractivity (Wildman–Crippen MR) is 115 cm³/mol. The number of β-amino-alcohol motifs (C(OH)–C–C–N with tert-alkyl or cyclic N) is 1. The Morgan fingerprint density at radius 2 is 1.94 bits per heavy atom. The zero-order valence-corrected chi connectivity index (χ0v) is 18.1. The van der Waals surface area contributed by atoms with Gasteiger partial charge in [0.15, 0.2) is 15.5 Å². The number of fused-ring (bicyclic) bond motifs is 1. The molecule has 4 rings (SSSR count). The highest BCUT2D eigenvalue weighted by Crippen LogP contribution is 2.31. The van der Waals surface area contributed by atoms with E-state index < -0.39 is 15.9 Å². The molecular formula is C23H24N2O5S. The Kier molecular flexibility index (Phi) is 5.84. The van der Waals surface area contributed by atoms with Crippen LogP contribution in [-0.4, -0.2) is 49.8 Å². The van der Waals surface area contributed by atoms with Crippen molar-refractivity contribution in [1.29, 1.82) is 0 Å². The van der Waals surface area contributed by atoms with Gasteiger partial charge in [-0.1, -0.05) is 30.3 Å². The largest absolute Gasteiger partial charge is 0.457 e. The van der Waals surface area contributed by atoms with E-state index in [-0.39, 0.29) is 29.1 Å². The fourth-order valence-corrected chi connectivity index (χ4v) is 5.68. The lowest BCUT2D eigenvalue weighted by Gasteiger charge is -2.40. The number of hydrogen-bond donors (Lipinski definition) is 1. The number of rotatable bonds is 7. The Bertz CT molecular complexity index is 1150. The van der Waals surface area contributed by atoms with Crippen LogP contribution in [0, 0.1) is 19.4 Å². The minimum atomic E-state index is -3.37. The zero-order chi connectivity index (χ0) is 22.2. The Labute approximate surface area is 182 Å². The van der Waals surface area contributed by atoms with Gasteiger partial charge in [-0.15, -0.1) is 0 Å². The number of hydrogen-bond acceptors (Lipinski definition) is 6. The number of carbonyl (C=O) groups excluding carboxylic acids is 1. The van der Waals surface area contributed by atoms with Crippen LogP contribution in [0.3, 0.4) is 0 Å². The number of sulfone groups is 1. The molecule has 2 aliphatic heterocycles. The number of aliphatic hydroxyl groups excluding tert-OH is 1. The predicted octanol–water partition coefficient (Wildman–Crippen LogP) is 3.05. The van der Waals surface area contributed by atoms with E-state index in [0.717, 1.165) is 29.8 Å². The summed E-state index contributed by atoms with van der Waals surface area (Å²) in [7, 11) is -3.37. The summed E-state index contributed by atoms with van der Waals surface area (Å²) < 4.78 is 30.1. The second-order valence-electron chi connectivity index (χ2n) is 8.20. The van der Waals surface area contributed by atoms with Crippen molar-refractivity contribution in [2.75, 3.05) is 25.4 Å². The van der Waals surface area contributed by atoms with Crippen LogP contribution in [0.15, 0.2) is 41.3 Å². The summed E-state index contributed by atoms with van der Waals surface area (Å²) in [5.41, 5.74) is 3.53. The standard InChI is InChI=1S/C23H24N2O5S/c1-15-19(7-8-20-21(15)14-30-23(20)27)22(26)13-25-11-16(12-25)9-10-31(28,29)18-5-3-17(24-2)4-6-18/h3-8,16,22,26H,9-14H2,1H3/t22-/m0/s1. The van der Waals surface area contributed by atoms with E-state index in [4.69, 9.17) is 11.3 Å². The van der Waals surface area contributed by atoms with Crippen molar-refractivity contribution in [2.24, 2.45) is 5.92 Å². The third-order valence-electron chi connectivity index (χ3n) is 6.15. The van der Waals surface area contributed by atoms with Gasteiger partial charge in [-0.2, -0.15) is 0 Å². The lowest BCUT2D eigenvalue weighted by Crippen LogP contribution is -2.48. The summed E-state index contributed by atoms with van der Waals surface area (Å²) in [6.45, 7) is 11.1. The molecule has 2 aromatic rings. The molecule has 2 aromatic carbocycles. The second-order valence-corrected chi connectivity index (χ2v) is 10.3. The topological polar surface area (TPSA) is 88.3 Å². The second kappa shape index (κ2) is 8.42. The number of benzene rings is 2. The summed E-state index contributed by atoms with van der Waals surface area (Å²) in [6.07, 6.45) is -0.108. The summed E-state index contributed by atoms with van der Waals surface area (Å²) in [5.74, 6) is 0.0299. The third-order valence-corrected chi connectivity index (χ3v) is 7.91. The average Bonchev–Trinajstić information content (AvgIpc) is 3.11. The Hall–Kier alpha value is -2.73. The molecule has 1 N–H and O–H groups in total. The summed E-state index contributed by atoms with van der Waals surface area (Å²) in [4.78, 5) is 17.3. The quantitative estimate of drug-likeness (QED) is 0.526. The molecule has 0 saturated carbocycles. The molecule has 7 nitrogen and oxygen atoms in total. The molecule has 8 heteroatoms. The molecule has 0 spiro atoms. The molecule has 1 atom stereocenters. The molecule has 0 radical (unpaired) electrons. The molecule has 162 valence electrons. The highest BCUT2D eigenvalue weighted by atomic mass is 32.2. The van der Waals surface area contributed by atoms with E-state index in [1.54, 1.807) is 12.1 Å². The highest BCUT2D eigenvalue weighted by molar-refractivity contribution is 7.91. The number of cyclic esters (lactones) is 1. The van der Waals surface area contributed by atoms with Crippen molar-refractivity contribution < 1.29 is 23.1 Å². The first-order valence-electron chi connectivity index (χ1n) is 10.2. The van der Waals surface area contributed by atoms with Crippen molar-refractivity contribution in [3.63, 3.8) is 0 Å². The van der Waals surface area contributed by atoms with Crippen LogP contribution < -0.4 is 0 Å². The van der Waals surface area contributed by atoms with Gasteiger partial charge in [0.05, 0.1) is 28.9 Å². The summed E-state index contributed by atoms with van der Waals surface area (Å²) in [6, 6.07) is 9.53. The number of likely N-dealkylation sites (tertiary alicyclic amines) is 1. The van der Waals surface area contributed by atoms with Gasteiger partial charge in [0, 0.05) is 25.2 Å². The van der Waals surface area contributed by atoms with E-state index in [9.17, 15) is 18.3 Å². The first-order chi connectivity index (χ1) is 14.8. The molecule has 0 amide bonds. The van der Waals surface area contributed by atoms with E-state index in [0.29, 0.717) is 24.2 Å². The number of carbonyl (C=O) groups is 1. The van der Waals surface area contributed by atoms with Crippen LogP contribution in [0.25, 0.3) is 4.85 Å². The first kappa shape index (κ1) is 21.5. The number of ether oxygens (including phenoxy) is 1. The third kappa shape index (κ3) is 4.35. The molecule has 0 aliphatic carbocycles. The maximum atomic E-state index is 12.5. The Balaban J connectivity index is 1.28. The number of nitrogens with zero attached hydrogens (tertiary/aromatic N) is 2. The van der Waals surface area contributed by atoms with E-state index in [1.165, 1.54) is 24.3 Å². The highest BCUT2D eigenvalue weighted by Gasteiger charge is 2.31. The molecule has 2 heterocycles. The molecular weight excluding hydrogens is 416 g/mol. The lowest BCUT2D eigenvalue weighted by atomic mass is 9.93. The minimum absolute atomic E-state index is 0.0728. The maximum Gasteiger partial charge on any atom is 0.338 e. The monoisotopic (exact) mass is 440 g/mol. The van der Waals surface area contributed by atoms with Crippen LogP contribution in [0.5, 0.6) is 0 Å². The molecule has 0 bridgehead atoms. The van der Waals surface area contributed by atoms with Gasteiger partial charge in [-0.05, 0) is 36.5 Å². The van der Waals surface area contributed by atoms with E-state index >= 15 is 0 Å². The Morgan fingerprint density at radius 1 is 1.23 bits per heavy atom. The maximum absolute atomic E-state index is 12.5. The molecule has 1 fully saturated rings. The number of esters is 1. The van der Waals surface area contributed by atoms with E-state index in [2.05, 4.69) is 9.74 Å². The van der Waals surface area contributed by atoms with Crippen molar-refractivity contribution in [3.05, 3.63) is 70.1 Å². The van der Waals surface area contributed by atoms with Crippen molar-refractivity contribution in [3.8, 4) is 0 Å². The van der Waals surface area contributed by atoms with Gasteiger partial charge in [0.25, 0.3) is 0 Å². The lowest BCUT2D eigenvalue weighted by molar-refractivity contribution is 0.0384. The van der Waals surface area contributed by atoms with Gasteiger partial charge in [0.1, 0.15) is 6.61 Å². The Morgan fingerprint density at radius 3 is 2.61 bits per heavy atom. The molecule has 1 saturated heterocycles. The fourth-order valence-electron chi connectivity index (χ4n) is 4.25. The van der Waals surface area contributed by atoms with Crippen LogP contribution in [0.2, 0.25) is 0 Å². The van der Waals surface area contributed by atoms with Gasteiger partial charge < -0.3 is 9.84 Å². The fraction of sp³-hybridized carbons (Fsp3) is 0.391. The molecule has 0 aromatic heterocycles. The van der Waals surface area contributed by atoms with Crippen LogP contribution in [0.4, 0.5) is 5.69 Å². The van der Waals surface area contributed by atoms with Crippen molar-refractivity contribution in [1.82, 2.24) is 4.90 Å². The summed E-state index contributed by atoms with van der Waals surface area (Å²) in [5, 5.41) is 10.7. The SMILES string of the molecule is [C-]#[N+]c1ccc(S(=O)(=O)CCC2CN(C[C@H](O)c3ccc4c(c3C)COC4=O)C2)cc1. The van der Waals surface area contributed by atoms with Crippen LogP contribution in [-0.2, 0) is 21.2 Å². The van der Waals surface area contributed by atoms with E-state index in [1.807, 2.05) is 6.92 Å². The van der Waals surface area contributed by atoms with Crippen molar-refractivity contribution in [2.45, 2.75) is 31.0 Å². The van der Waals surface area contributed by atoms with Gasteiger partial charge >= 0.3 is 5.97 Å². The minimum Gasteiger partial charge on any atom is -0.457 e. The smallest absolute Gasteiger partial charge is 0.338 e. The molecule has 0 unspecified atom stereocenters.